The van der Waals surface area contributed by atoms with E-state index in [1.165, 1.54) is 4.57 Å². The topological polar surface area (TPSA) is 58.1 Å². The van der Waals surface area contributed by atoms with Crippen LogP contribution in [0.1, 0.15) is 26.8 Å². The minimum atomic E-state index is -0.620. The van der Waals surface area contributed by atoms with Gasteiger partial charge >= 0.3 is 0 Å². The SMILES string of the molecule is CCN(CC)C(=O)C(C)n1c(=S)[nH]c2ccccc2c1=O. The van der Waals surface area contributed by atoms with E-state index in [1.54, 1.807) is 30.0 Å². The van der Waals surface area contributed by atoms with Crippen LogP contribution in [0.2, 0.25) is 0 Å². The van der Waals surface area contributed by atoms with Crippen LogP contribution in [0.5, 0.6) is 0 Å². The third-order valence-corrected chi connectivity index (χ3v) is 3.96. The molecule has 1 heterocycles. The summed E-state index contributed by atoms with van der Waals surface area (Å²) in [7, 11) is 0. The summed E-state index contributed by atoms with van der Waals surface area (Å²) in [6, 6.07) is 6.54. The Morgan fingerprint density at radius 1 is 1.33 bits per heavy atom. The monoisotopic (exact) mass is 305 g/mol. The van der Waals surface area contributed by atoms with Crippen molar-refractivity contribution in [2.24, 2.45) is 0 Å². The standard InChI is InChI=1S/C15H19N3O2S/c1-4-17(5-2)13(19)10(3)18-14(20)11-8-6-7-9-12(11)16-15(18)21/h6-10H,4-5H2,1-3H3,(H,16,21). The maximum atomic E-state index is 12.6. The van der Waals surface area contributed by atoms with E-state index in [1.807, 2.05) is 19.9 Å². The Kier molecular flexibility index (Phi) is 4.57. The Balaban J connectivity index is 2.59. The number of para-hydroxylation sites is 1. The molecule has 0 aliphatic heterocycles. The highest BCUT2D eigenvalue weighted by Crippen LogP contribution is 2.12. The lowest BCUT2D eigenvalue weighted by atomic mass is 10.2. The molecule has 1 unspecified atom stereocenters. The number of nitrogens with zero attached hydrogens (tertiary/aromatic N) is 2. The number of H-pyrrole nitrogens is 1. The van der Waals surface area contributed by atoms with E-state index in [2.05, 4.69) is 4.98 Å². The molecule has 1 aromatic carbocycles. The van der Waals surface area contributed by atoms with Gasteiger partial charge in [-0.2, -0.15) is 0 Å². The molecular formula is C15H19N3O2S. The van der Waals surface area contributed by atoms with Crippen LogP contribution in [0.15, 0.2) is 29.1 Å². The lowest BCUT2D eigenvalue weighted by Gasteiger charge is -2.24. The van der Waals surface area contributed by atoms with Gasteiger partial charge in [-0.1, -0.05) is 12.1 Å². The van der Waals surface area contributed by atoms with Crippen molar-refractivity contribution in [3.63, 3.8) is 0 Å². The Morgan fingerprint density at radius 3 is 2.57 bits per heavy atom. The minimum absolute atomic E-state index is 0.100. The second kappa shape index (κ2) is 6.22. The molecule has 0 bridgehead atoms. The maximum Gasteiger partial charge on any atom is 0.262 e. The molecule has 0 spiro atoms. The highest BCUT2D eigenvalue weighted by Gasteiger charge is 2.22. The number of nitrogens with one attached hydrogen (secondary N) is 1. The summed E-state index contributed by atoms with van der Waals surface area (Å²) in [5.41, 5.74) is 0.452. The van der Waals surface area contributed by atoms with E-state index in [4.69, 9.17) is 12.2 Å². The van der Waals surface area contributed by atoms with Crippen molar-refractivity contribution in [1.82, 2.24) is 14.5 Å². The first-order chi connectivity index (χ1) is 10.0. The molecule has 21 heavy (non-hydrogen) atoms. The zero-order chi connectivity index (χ0) is 15.6. The molecule has 1 aromatic heterocycles. The van der Waals surface area contributed by atoms with Gasteiger partial charge < -0.3 is 9.88 Å². The average Bonchev–Trinajstić information content (AvgIpc) is 2.48. The summed E-state index contributed by atoms with van der Waals surface area (Å²) < 4.78 is 1.63. The van der Waals surface area contributed by atoms with Gasteiger partial charge in [0, 0.05) is 13.1 Å². The van der Waals surface area contributed by atoms with Crippen LogP contribution in [0.4, 0.5) is 0 Å². The first-order valence-electron chi connectivity index (χ1n) is 7.03. The fourth-order valence-corrected chi connectivity index (χ4v) is 2.79. The van der Waals surface area contributed by atoms with Gasteiger partial charge in [-0.3, -0.25) is 14.2 Å². The van der Waals surface area contributed by atoms with Gasteiger partial charge in [-0.15, -0.1) is 0 Å². The van der Waals surface area contributed by atoms with Crippen molar-refractivity contribution in [3.8, 4) is 0 Å². The average molecular weight is 305 g/mol. The van der Waals surface area contributed by atoms with Crippen molar-refractivity contribution < 1.29 is 4.79 Å². The second-order valence-electron chi connectivity index (χ2n) is 4.84. The number of hydrogen-bond donors (Lipinski definition) is 1. The predicted molar refractivity (Wildman–Crippen MR) is 86.0 cm³/mol. The molecule has 0 saturated carbocycles. The molecule has 0 aliphatic rings. The Bertz CT molecular complexity index is 774. The Hall–Kier alpha value is -1.95. The zero-order valence-electron chi connectivity index (χ0n) is 12.4. The first-order valence-corrected chi connectivity index (χ1v) is 7.44. The van der Waals surface area contributed by atoms with Gasteiger partial charge in [0.2, 0.25) is 5.91 Å². The van der Waals surface area contributed by atoms with E-state index in [-0.39, 0.29) is 16.2 Å². The summed E-state index contributed by atoms with van der Waals surface area (Å²) in [6.45, 7) is 6.76. The summed E-state index contributed by atoms with van der Waals surface area (Å²) in [5.74, 6) is -0.100. The fourth-order valence-electron chi connectivity index (χ4n) is 2.44. The number of hydrogen-bond acceptors (Lipinski definition) is 3. The van der Waals surface area contributed by atoms with Crippen LogP contribution in [-0.2, 0) is 4.79 Å². The van der Waals surface area contributed by atoms with Gasteiger partial charge in [0.15, 0.2) is 4.77 Å². The van der Waals surface area contributed by atoms with Crippen LogP contribution < -0.4 is 5.56 Å². The molecule has 1 atom stereocenters. The Labute approximate surface area is 128 Å². The van der Waals surface area contributed by atoms with Crippen LogP contribution in [-0.4, -0.2) is 33.4 Å². The molecule has 2 rings (SSSR count). The number of amides is 1. The van der Waals surface area contributed by atoms with E-state index in [0.717, 1.165) is 0 Å². The number of benzene rings is 1. The van der Waals surface area contributed by atoms with Gasteiger partial charge in [0.05, 0.1) is 10.9 Å². The number of carbonyl (C=O) groups is 1. The van der Waals surface area contributed by atoms with Crippen LogP contribution >= 0.6 is 12.2 Å². The van der Waals surface area contributed by atoms with Gasteiger partial charge in [-0.25, -0.2) is 0 Å². The second-order valence-corrected chi connectivity index (χ2v) is 5.22. The van der Waals surface area contributed by atoms with Gasteiger partial charge in [0.25, 0.3) is 5.56 Å². The molecule has 0 fully saturated rings. The number of fused-ring (bicyclic) bond motifs is 1. The molecule has 112 valence electrons. The van der Waals surface area contributed by atoms with E-state index in [0.29, 0.717) is 24.0 Å². The van der Waals surface area contributed by atoms with Crippen molar-refractivity contribution in [2.45, 2.75) is 26.8 Å². The molecule has 0 radical (unpaired) electrons. The van der Waals surface area contributed by atoms with Crippen LogP contribution in [0, 0.1) is 4.77 Å². The summed E-state index contributed by atoms with van der Waals surface area (Å²) >= 11 is 5.26. The molecule has 5 nitrogen and oxygen atoms in total. The minimum Gasteiger partial charge on any atom is -0.341 e. The van der Waals surface area contributed by atoms with E-state index in [9.17, 15) is 9.59 Å². The Morgan fingerprint density at radius 2 is 1.95 bits per heavy atom. The molecule has 6 heteroatoms. The quantitative estimate of drug-likeness (QED) is 0.883. The number of carbonyl (C=O) groups excluding carboxylic acids is 1. The maximum absolute atomic E-state index is 12.6. The molecule has 2 aromatic rings. The predicted octanol–water partition coefficient (Wildman–Crippen LogP) is 2.49. The van der Waals surface area contributed by atoms with Crippen LogP contribution in [0.3, 0.4) is 0 Å². The smallest absolute Gasteiger partial charge is 0.262 e. The van der Waals surface area contributed by atoms with Crippen molar-refractivity contribution in [3.05, 3.63) is 39.4 Å². The summed E-state index contributed by atoms with van der Waals surface area (Å²) in [5, 5.41) is 0.533. The highest BCUT2D eigenvalue weighted by atomic mass is 32.1. The number of rotatable bonds is 4. The molecule has 1 amide bonds. The summed E-state index contributed by atoms with van der Waals surface area (Å²) in [4.78, 5) is 29.8. The van der Waals surface area contributed by atoms with Crippen molar-refractivity contribution in [2.75, 3.05) is 13.1 Å². The number of aromatic amines is 1. The van der Waals surface area contributed by atoms with Gasteiger partial charge in [-0.05, 0) is 45.1 Å². The highest BCUT2D eigenvalue weighted by molar-refractivity contribution is 7.71. The van der Waals surface area contributed by atoms with Crippen LogP contribution in [0.25, 0.3) is 10.9 Å². The lowest BCUT2D eigenvalue weighted by molar-refractivity contribution is -0.134. The van der Waals surface area contributed by atoms with Crippen molar-refractivity contribution in [1.29, 1.82) is 0 Å². The zero-order valence-corrected chi connectivity index (χ0v) is 13.2. The van der Waals surface area contributed by atoms with E-state index >= 15 is 0 Å². The lowest BCUT2D eigenvalue weighted by Crippen LogP contribution is -2.39. The number of likely N-dealkylation sites (N-methyl/N-ethyl adjacent to an activating group) is 1. The third kappa shape index (κ3) is 2.76. The van der Waals surface area contributed by atoms with E-state index < -0.39 is 6.04 Å². The fraction of sp³-hybridized carbons (Fsp3) is 0.400. The first kappa shape index (κ1) is 15.4. The normalized spacial score (nSPS) is 12.3. The number of aromatic nitrogens is 2. The van der Waals surface area contributed by atoms with Crippen molar-refractivity contribution >= 4 is 29.0 Å². The largest absolute Gasteiger partial charge is 0.341 e. The summed E-state index contributed by atoms with van der Waals surface area (Å²) in [6.07, 6.45) is 0. The molecule has 0 aliphatic carbocycles. The third-order valence-electron chi connectivity index (χ3n) is 3.66. The van der Waals surface area contributed by atoms with Gasteiger partial charge in [0.1, 0.15) is 6.04 Å². The molecule has 0 saturated heterocycles. The molecule has 1 N–H and O–H groups in total. The molecular weight excluding hydrogens is 286 g/mol.